The number of anilines is 1. The summed E-state index contributed by atoms with van der Waals surface area (Å²) in [6.45, 7) is 8.15. The molecule has 1 amide bonds. The number of rotatable bonds is 6. The highest BCUT2D eigenvalue weighted by Crippen LogP contribution is 2.37. The molecular weight excluding hydrogens is 492 g/mol. The Kier molecular flexibility index (Phi) is 7.07. The minimum Gasteiger partial charge on any atom is -0.462 e. The van der Waals surface area contributed by atoms with Gasteiger partial charge in [0.05, 0.1) is 23.4 Å². The van der Waals surface area contributed by atoms with E-state index in [9.17, 15) is 9.59 Å². The van der Waals surface area contributed by atoms with Crippen LogP contribution in [0.4, 0.5) is 5.00 Å². The minimum absolute atomic E-state index is 0.240. The average molecular weight is 521 g/mol. The largest absolute Gasteiger partial charge is 0.462 e. The van der Waals surface area contributed by atoms with Crippen LogP contribution in [-0.4, -0.2) is 23.5 Å². The molecule has 0 fully saturated rings. The van der Waals surface area contributed by atoms with E-state index < -0.39 is 5.97 Å². The summed E-state index contributed by atoms with van der Waals surface area (Å²) in [6, 6.07) is 23.5. The van der Waals surface area contributed by atoms with Crippen LogP contribution in [0.2, 0.25) is 0 Å². The van der Waals surface area contributed by atoms with Crippen molar-refractivity contribution in [3.05, 3.63) is 106 Å². The van der Waals surface area contributed by atoms with Gasteiger partial charge in [0.2, 0.25) is 0 Å². The van der Waals surface area contributed by atoms with E-state index in [1.807, 2.05) is 73.0 Å². The minimum atomic E-state index is -0.463. The molecule has 38 heavy (non-hydrogen) atoms. The Morgan fingerprint density at radius 3 is 2.37 bits per heavy atom. The van der Waals surface area contributed by atoms with Crippen molar-refractivity contribution in [1.82, 2.24) is 4.98 Å². The number of hydrogen-bond donors (Lipinski definition) is 1. The van der Waals surface area contributed by atoms with Crippen molar-refractivity contribution < 1.29 is 14.3 Å². The third kappa shape index (κ3) is 4.95. The Labute approximate surface area is 226 Å². The molecule has 190 valence electrons. The number of nitrogens with zero attached hydrogens (tertiary/aromatic N) is 1. The van der Waals surface area contributed by atoms with E-state index in [1.54, 1.807) is 6.92 Å². The SMILES string of the molecule is CCOC(=O)c1c(-c2ccc(C)cc2)csc1NC(=O)c1cc(-c2ccc(C)c(C)c2)nc2ccccc12. The van der Waals surface area contributed by atoms with Crippen LogP contribution in [0.1, 0.15) is 44.3 Å². The van der Waals surface area contributed by atoms with Crippen LogP contribution in [0.25, 0.3) is 33.3 Å². The molecule has 0 aliphatic carbocycles. The number of carbonyl (C=O) groups is 2. The molecule has 0 atom stereocenters. The topological polar surface area (TPSA) is 68.3 Å². The molecule has 3 aromatic carbocycles. The molecular formula is C32H28N2O3S. The highest BCUT2D eigenvalue weighted by Gasteiger charge is 2.24. The molecule has 2 aromatic heterocycles. The zero-order chi connectivity index (χ0) is 26.8. The molecule has 0 radical (unpaired) electrons. The van der Waals surface area contributed by atoms with Gasteiger partial charge in [-0.2, -0.15) is 0 Å². The summed E-state index contributed by atoms with van der Waals surface area (Å²) in [5, 5.41) is 6.09. The summed E-state index contributed by atoms with van der Waals surface area (Å²) in [4.78, 5) is 31.6. The van der Waals surface area contributed by atoms with Crippen molar-refractivity contribution >= 4 is 39.1 Å². The van der Waals surface area contributed by atoms with Crippen molar-refractivity contribution in [3.8, 4) is 22.4 Å². The maximum Gasteiger partial charge on any atom is 0.341 e. The standard InChI is InChI=1S/C32H28N2O3S/c1-5-37-32(36)29-26(22-13-10-19(2)11-14-22)18-38-31(29)34-30(35)25-17-28(23-15-12-20(3)21(4)16-23)33-27-9-7-6-8-24(25)27/h6-18H,5H2,1-4H3,(H,34,35). The predicted octanol–water partition coefficient (Wildman–Crippen LogP) is 7.98. The van der Waals surface area contributed by atoms with Gasteiger partial charge in [0.25, 0.3) is 5.91 Å². The van der Waals surface area contributed by atoms with E-state index in [0.717, 1.165) is 38.7 Å². The van der Waals surface area contributed by atoms with Gasteiger partial charge < -0.3 is 10.1 Å². The Morgan fingerprint density at radius 1 is 0.895 bits per heavy atom. The summed E-state index contributed by atoms with van der Waals surface area (Å²) in [6.07, 6.45) is 0. The third-order valence-electron chi connectivity index (χ3n) is 6.62. The zero-order valence-corrected chi connectivity index (χ0v) is 22.6. The van der Waals surface area contributed by atoms with Crippen LogP contribution in [0, 0.1) is 20.8 Å². The molecule has 5 rings (SSSR count). The van der Waals surface area contributed by atoms with Gasteiger partial charge in [-0.3, -0.25) is 4.79 Å². The quantitative estimate of drug-likeness (QED) is 0.230. The smallest absolute Gasteiger partial charge is 0.341 e. The number of fused-ring (bicyclic) bond motifs is 1. The maximum absolute atomic E-state index is 13.8. The van der Waals surface area contributed by atoms with Gasteiger partial charge in [0.1, 0.15) is 10.6 Å². The van der Waals surface area contributed by atoms with E-state index in [-0.39, 0.29) is 12.5 Å². The summed E-state index contributed by atoms with van der Waals surface area (Å²) in [7, 11) is 0. The third-order valence-corrected chi connectivity index (χ3v) is 7.52. The normalized spacial score (nSPS) is 10.9. The van der Waals surface area contributed by atoms with Gasteiger partial charge in [0, 0.05) is 21.9 Å². The lowest BCUT2D eigenvalue weighted by molar-refractivity contribution is 0.0529. The van der Waals surface area contributed by atoms with Gasteiger partial charge in [-0.25, -0.2) is 9.78 Å². The fourth-order valence-electron chi connectivity index (χ4n) is 4.38. The van der Waals surface area contributed by atoms with E-state index in [2.05, 4.69) is 31.3 Å². The summed E-state index contributed by atoms with van der Waals surface area (Å²) in [5.41, 5.74) is 8.34. The van der Waals surface area contributed by atoms with Crippen LogP contribution < -0.4 is 5.32 Å². The van der Waals surface area contributed by atoms with Crippen LogP contribution in [0.15, 0.2) is 78.2 Å². The first kappa shape index (κ1) is 25.4. The molecule has 0 aliphatic heterocycles. The van der Waals surface area contributed by atoms with Gasteiger partial charge >= 0.3 is 5.97 Å². The van der Waals surface area contributed by atoms with E-state index >= 15 is 0 Å². The van der Waals surface area contributed by atoms with Gasteiger partial charge in [-0.05, 0) is 62.6 Å². The van der Waals surface area contributed by atoms with Crippen molar-refractivity contribution in [1.29, 1.82) is 0 Å². The first-order valence-corrected chi connectivity index (χ1v) is 13.4. The van der Waals surface area contributed by atoms with Gasteiger partial charge in [-0.1, -0.05) is 60.2 Å². The summed E-state index contributed by atoms with van der Waals surface area (Å²) in [5.74, 6) is -0.772. The van der Waals surface area contributed by atoms with Crippen LogP contribution in [-0.2, 0) is 4.74 Å². The van der Waals surface area contributed by atoms with Crippen LogP contribution in [0.3, 0.4) is 0 Å². The first-order chi connectivity index (χ1) is 18.4. The molecule has 5 nitrogen and oxygen atoms in total. The van der Waals surface area contributed by atoms with Crippen LogP contribution in [0.5, 0.6) is 0 Å². The molecule has 0 spiro atoms. The van der Waals surface area contributed by atoms with Crippen molar-refractivity contribution in [2.24, 2.45) is 0 Å². The molecule has 2 heterocycles. The zero-order valence-electron chi connectivity index (χ0n) is 21.8. The molecule has 5 aromatic rings. The summed E-state index contributed by atoms with van der Waals surface area (Å²) >= 11 is 1.31. The molecule has 6 heteroatoms. The molecule has 0 aliphatic rings. The number of hydrogen-bond acceptors (Lipinski definition) is 5. The molecule has 0 saturated heterocycles. The Bertz CT molecular complexity index is 1670. The molecule has 0 saturated carbocycles. The number of esters is 1. The lowest BCUT2D eigenvalue weighted by Gasteiger charge is -2.12. The lowest BCUT2D eigenvalue weighted by Crippen LogP contribution is -2.15. The van der Waals surface area contributed by atoms with E-state index in [1.165, 1.54) is 16.9 Å². The number of amides is 1. The number of aromatic nitrogens is 1. The number of nitrogens with one attached hydrogen (secondary N) is 1. The number of thiophene rings is 1. The lowest BCUT2D eigenvalue weighted by atomic mass is 10.0. The Morgan fingerprint density at radius 2 is 1.63 bits per heavy atom. The number of para-hydroxylation sites is 1. The Balaban J connectivity index is 1.58. The molecule has 1 N–H and O–H groups in total. The Hall–Kier alpha value is -4.29. The second-order valence-electron chi connectivity index (χ2n) is 9.27. The fraction of sp³-hybridized carbons (Fsp3) is 0.156. The van der Waals surface area contributed by atoms with Crippen LogP contribution >= 0.6 is 11.3 Å². The second kappa shape index (κ2) is 10.6. The van der Waals surface area contributed by atoms with Gasteiger partial charge in [-0.15, -0.1) is 11.3 Å². The van der Waals surface area contributed by atoms with Crippen molar-refractivity contribution in [2.75, 3.05) is 11.9 Å². The molecule has 0 unspecified atom stereocenters. The number of ether oxygens (including phenoxy) is 1. The number of aryl methyl sites for hydroxylation is 3. The van der Waals surface area contributed by atoms with Crippen molar-refractivity contribution in [2.45, 2.75) is 27.7 Å². The fourth-order valence-corrected chi connectivity index (χ4v) is 5.34. The number of carbonyl (C=O) groups excluding carboxylic acids is 2. The van der Waals surface area contributed by atoms with E-state index in [4.69, 9.17) is 9.72 Å². The predicted molar refractivity (Wildman–Crippen MR) is 155 cm³/mol. The highest BCUT2D eigenvalue weighted by molar-refractivity contribution is 7.15. The second-order valence-corrected chi connectivity index (χ2v) is 10.1. The van der Waals surface area contributed by atoms with E-state index in [0.29, 0.717) is 21.8 Å². The van der Waals surface area contributed by atoms with Gasteiger partial charge in [0.15, 0.2) is 0 Å². The number of benzene rings is 3. The van der Waals surface area contributed by atoms with Crippen molar-refractivity contribution in [3.63, 3.8) is 0 Å². The number of pyridine rings is 1. The average Bonchev–Trinajstić information content (AvgIpc) is 3.33. The monoisotopic (exact) mass is 520 g/mol. The highest BCUT2D eigenvalue weighted by atomic mass is 32.1. The molecule has 0 bridgehead atoms. The summed E-state index contributed by atoms with van der Waals surface area (Å²) < 4.78 is 5.37. The first-order valence-electron chi connectivity index (χ1n) is 12.5. The maximum atomic E-state index is 13.8.